The number of nitrogens with one attached hydrogen (secondary N) is 2. The first-order chi connectivity index (χ1) is 9.04. The summed E-state index contributed by atoms with van der Waals surface area (Å²) in [6.45, 7) is 7.61. The van der Waals surface area contributed by atoms with Crippen LogP contribution in [0.5, 0.6) is 0 Å². The number of hydrogen-bond acceptors (Lipinski definition) is 4. The van der Waals surface area contributed by atoms with Crippen molar-refractivity contribution < 1.29 is 9.53 Å². The SMILES string of the molecule is CNCC1C(=O)NCCC(C)(C)N1CC1CCCO1. The third-order valence-corrected chi connectivity index (χ3v) is 4.31. The average molecular weight is 269 g/mol. The van der Waals surface area contributed by atoms with Gasteiger partial charge in [0, 0.05) is 31.8 Å². The normalized spacial score (nSPS) is 32.1. The molecule has 5 nitrogen and oxygen atoms in total. The third kappa shape index (κ3) is 3.46. The van der Waals surface area contributed by atoms with Crippen molar-refractivity contribution in [2.75, 3.05) is 33.3 Å². The number of ether oxygens (including phenoxy) is 1. The Morgan fingerprint density at radius 3 is 2.95 bits per heavy atom. The quantitative estimate of drug-likeness (QED) is 0.773. The van der Waals surface area contributed by atoms with E-state index in [9.17, 15) is 4.79 Å². The Morgan fingerprint density at radius 2 is 2.32 bits per heavy atom. The van der Waals surface area contributed by atoms with Crippen LogP contribution < -0.4 is 10.6 Å². The fourth-order valence-electron chi connectivity index (χ4n) is 3.09. The first-order valence-electron chi connectivity index (χ1n) is 7.35. The van der Waals surface area contributed by atoms with Gasteiger partial charge in [0.2, 0.25) is 5.91 Å². The second kappa shape index (κ2) is 6.20. The Morgan fingerprint density at radius 1 is 1.53 bits per heavy atom. The van der Waals surface area contributed by atoms with Gasteiger partial charge in [-0.15, -0.1) is 0 Å². The molecule has 0 aromatic carbocycles. The maximum Gasteiger partial charge on any atom is 0.238 e. The lowest BCUT2D eigenvalue weighted by Crippen LogP contribution is -2.57. The van der Waals surface area contributed by atoms with E-state index in [1.165, 1.54) is 0 Å². The number of likely N-dealkylation sites (N-methyl/N-ethyl adjacent to an activating group) is 1. The van der Waals surface area contributed by atoms with Crippen LogP contribution in [0.15, 0.2) is 0 Å². The van der Waals surface area contributed by atoms with Gasteiger partial charge >= 0.3 is 0 Å². The Kier molecular flexibility index (Phi) is 4.81. The van der Waals surface area contributed by atoms with Gasteiger partial charge in [-0.1, -0.05) is 0 Å². The van der Waals surface area contributed by atoms with Crippen molar-refractivity contribution in [3.8, 4) is 0 Å². The van der Waals surface area contributed by atoms with Crippen molar-refractivity contribution in [3.63, 3.8) is 0 Å². The van der Waals surface area contributed by atoms with Crippen molar-refractivity contribution in [3.05, 3.63) is 0 Å². The van der Waals surface area contributed by atoms with Gasteiger partial charge in [0.25, 0.3) is 0 Å². The highest BCUT2D eigenvalue weighted by atomic mass is 16.5. The van der Waals surface area contributed by atoms with Gasteiger partial charge in [0.15, 0.2) is 0 Å². The highest BCUT2D eigenvalue weighted by Gasteiger charge is 2.40. The summed E-state index contributed by atoms with van der Waals surface area (Å²) in [5.41, 5.74) is 0.0205. The summed E-state index contributed by atoms with van der Waals surface area (Å²) >= 11 is 0. The lowest BCUT2D eigenvalue weighted by molar-refractivity contribution is -0.127. The largest absolute Gasteiger partial charge is 0.377 e. The number of amides is 1. The molecule has 0 saturated carbocycles. The van der Waals surface area contributed by atoms with Crippen LogP contribution in [0.2, 0.25) is 0 Å². The molecule has 2 saturated heterocycles. The van der Waals surface area contributed by atoms with Crippen LogP contribution in [-0.2, 0) is 9.53 Å². The molecule has 5 heteroatoms. The van der Waals surface area contributed by atoms with Crippen molar-refractivity contribution in [2.24, 2.45) is 0 Å². The molecule has 0 spiro atoms. The zero-order valence-electron chi connectivity index (χ0n) is 12.4. The van der Waals surface area contributed by atoms with Gasteiger partial charge in [-0.3, -0.25) is 9.69 Å². The molecule has 2 N–H and O–H groups in total. The predicted octanol–water partition coefficient (Wildman–Crippen LogP) is 0.354. The van der Waals surface area contributed by atoms with Gasteiger partial charge in [-0.25, -0.2) is 0 Å². The molecular formula is C14H27N3O2. The van der Waals surface area contributed by atoms with Gasteiger partial charge < -0.3 is 15.4 Å². The number of carbonyl (C=O) groups excluding carboxylic acids is 1. The van der Waals surface area contributed by atoms with E-state index in [0.29, 0.717) is 6.54 Å². The topological polar surface area (TPSA) is 53.6 Å². The second-order valence-corrected chi connectivity index (χ2v) is 6.21. The fraction of sp³-hybridized carbons (Fsp3) is 0.929. The molecule has 2 fully saturated rings. The summed E-state index contributed by atoms with van der Waals surface area (Å²) in [7, 11) is 1.90. The molecular weight excluding hydrogens is 242 g/mol. The van der Waals surface area contributed by atoms with Crippen molar-refractivity contribution in [1.82, 2.24) is 15.5 Å². The summed E-state index contributed by atoms with van der Waals surface area (Å²) < 4.78 is 5.76. The molecule has 2 unspecified atom stereocenters. The van der Waals surface area contributed by atoms with Crippen LogP contribution in [0.1, 0.15) is 33.1 Å². The van der Waals surface area contributed by atoms with Crippen molar-refractivity contribution >= 4 is 5.91 Å². The van der Waals surface area contributed by atoms with Gasteiger partial charge in [-0.2, -0.15) is 0 Å². The molecule has 19 heavy (non-hydrogen) atoms. The van der Waals surface area contributed by atoms with Gasteiger partial charge in [0.05, 0.1) is 6.10 Å². The summed E-state index contributed by atoms with van der Waals surface area (Å²) in [6.07, 6.45) is 3.51. The maximum atomic E-state index is 12.2. The number of nitrogens with zero attached hydrogens (tertiary/aromatic N) is 1. The summed E-state index contributed by atoms with van der Waals surface area (Å²) in [4.78, 5) is 14.6. The molecule has 1 amide bonds. The lowest BCUT2D eigenvalue weighted by Gasteiger charge is -2.42. The Labute approximate surface area is 116 Å². The molecule has 2 aliphatic rings. The molecule has 2 aliphatic heterocycles. The Hall–Kier alpha value is -0.650. The van der Waals surface area contributed by atoms with Crippen molar-refractivity contribution in [1.29, 1.82) is 0 Å². The third-order valence-electron chi connectivity index (χ3n) is 4.31. The zero-order chi connectivity index (χ0) is 13.9. The number of rotatable bonds is 4. The lowest BCUT2D eigenvalue weighted by atomic mass is 9.95. The summed E-state index contributed by atoms with van der Waals surface area (Å²) in [5, 5.41) is 6.17. The maximum absolute atomic E-state index is 12.2. The van der Waals surface area contributed by atoms with E-state index in [1.54, 1.807) is 0 Å². The monoisotopic (exact) mass is 269 g/mol. The van der Waals surface area contributed by atoms with Crippen LogP contribution in [-0.4, -0.2) is 61.8 Å². The fourth-order valence-corrected chi connectivity index (χ4v) is 3.09. The van der Waals surface area contributed by atoms with E-state index in [-0.39, 0.29) is 23.6 Å². The van der Waals surface area contributed by atoms with Crippen LogP contribution in [0.25, 0.3) is 0 Å². The Bertz CT molecular complexity index is 314. The van der Waals surface area contributed by atoms with E-state index in [0.717, 1.165) is 39.0 Å². The first-order valence-corrected chi connectivity index (χ1v) is 7.35. The molecule has 0 aromatic heterocycles. The zero-order valence-corrected chi connectivity index (χ0v) is 12.4. The number of carbonyl (C=O) groups is 1. The molecule has 0 radical (unpaired) electrons. The molecule has 0 bridgehead atoms. The van der Waals surface area contributed by atoms with E-state index < -0.39 is 0 Å². The van der Waals surface area contributed by atoms with Crippen LogP contribution in [0, 0.1) is 0 Å². The average Bonchev–Trinajstić information content (AvgIpc) is 2.82. The van der Waals surface area contributed by atoms with E-state index >= 15 is 0 Å². The van der Waals surface area contributed by atoms with E-state index in [1.807, 2.05) is 7.05 Å². The highest BCUT2D eigenvalue weighted by molar-refractivity contribution is 5.82. The minimum Gasteiger partial charge on any atom is -0.377 e. The minimum atomic E-state index is -0.105. The van der Waals surface area contributed by atoms with Crippen LogP contribution in [0.3, 0.4) is 0 Å². The molecule has 0 aromatic rings. The molecule has 0 aliphatic carbocycles. The molecule has 2 atom stereocenters. The van der Waals surface area contributed by atoms with Crippen LogP contribution >= 0.6 is 0 Å². The molecule has 2 rings (SSSR count). The van der Waals surface area contributed by atoms with Gasteiger partial charge in [0.1, 0.15) is 6.04 Å². The first kappa shape index (κ1) is 14.8. The van der Waals surface area contributed by atoms with Crippen molar-refractivity contribution in [2.45, 2.75) is 50.8 Å². The molecule has 2 heterocycles. The summed E-state index contributed by atoms with van der Waals surface area (Å²) in [5.74, 6) is 0.137. The highest BCUT2D eigenvalue weighted by Crippen LogP contribution is 2.26. The standard InChI is InChI=1S/C14H27N3O2/c1-14(2)6-7-16-13(18)12(9-15-3)17(14)10-11-5-4-8-19-11/h11-12,15H,4-10H2,1-3H3,(H,16,18). The Balaban J connectivity index is 2.15. The van der Waals surface area contributed by atoms with E-state index in [4.69, 9.17) is 4.74 Å². The molecule has 110 valence electrons. The minimum absolute atomic E-state index is 0.0205. The predicted molar refractivity (Wildman–Crippen MR) is 75.1 cm³/mol. The number of hydrogen-bond donors (Lipinski definition) is 2. The smallest absolute Gasteiger partial charge is 0.238 e. The second-order valence-electron chi connectivity index (χ2n) is 6.21. The van der Waals surface area contributed by atoms with Crippen LogP contribution in [0.4, 0.5) is 0 Å². The van der Waals surface area contributed by atoms with E-state index in [2.05, 4.69) is 29.4 Å². The van der Waals surface area contributed by atoms with Gasteiger partial charge in [-0.05, 0) is 40.2 Å². The summed E-state index contributed by atoms with van der Waals surface area (Å²) in [6, 6.07) is -0.105.